The Hall–Kier alpha value is -1.57. The Morgan fingerprint density at radius 2 is 2.05 bits per heavy atom. The molecule has 0 saturated carbocycles. The van der Waals surface area contributed by atoms with Crippen molar-refractivity contribution < 1.29 is 19.5 Å². The molecule has 2 rings (SSSR count). The van der Waals surface area contributed by atoms with Crippen LogP contribution >= 0.6 is 11.8 Å². The van der Waals surface area contributed by atoms with Crippen molar-refractivity contribution in [2.75, 3.05) is 0 Å². The van der Waals surface area contributed by atoms with E-state index in [4.69, 9.17) is 9.62 Å². The average Bonchev–Trinajstić information content (AvgIpc) is 2.94. The molecule has 1 heterocycles. The highest BCUT2D eigenvalue weighted by Gasteiger charge is 2.21. The zero-order chi connectivity index (χ0) is 16.4. The van der Waals surface area contributed by atoms with Gasteiger partial charge >= 0.3 is 5.97 Å². The summed E-state index contributed by atoms with van der Waals surface area (Å²) in [6.45, 7) is 2.14. The van der Waals surface area contributed by atoms with Gasteiger partial charge in [-0.1, -0.05) is 56.5 Å². The third-order valence-electron chi connectivity index (χ3n) is 3.11. The van der Waals surface area contributed by atoms with Gasteiger partial charge in [-0.2, -0.15) is 0 Å². The predicted molar refractivity (Wildman–Crippen MR) is 86.0 cm³/mol. The van der Waals surface area contributed by atoms with Crippen molar-refractivity contribution in [1.82, 2.24) is 4.98 Å². The minimum Gasteiger partial charge on any atom is -0.480 e. The lowest BCUT2D eigenvalue weighted by molar-refractivity contribution is -0.136. The van der Waals surface area contributed by atoms with Crippen LogP contribution in [0.5, 0.6) is 0 Å². The minimum atomic E-state index is -0.797. The van der Waals surface area contributed by atoms with Crippen LogP contribution in [0.3, 0.4) is 0 Å². The molecule has 0 fully saturated rings. The van der Waals surface area contributed by atoms with E-state index in [1.54, 1.807) is 0 Å². The molecule has 1 aromatic heterocycles. The number of para-hydroxylation sites is 2. The van der Waals surface area contributed by atoms with E-state index in [-0.39, 0.29) is 0 Å². The maximum absolute atomic E-state index is 11.3. The van der Waals surface area contributed by atoms with Crippen LogP contribution < -0.4 is 5.90 Å². The summed E-state index contributed by atoms with van der Waals surface area (Å²) in [7, 11) is 0. The van der Waals surface area contributed by atoms with Crippen LogP contribution in [0.15, 0.2) is 33.9 Å². The van der Waals surface area contributed by atoms with E-state index >= 15 is 0 Å². The molecule has 7 heteroatoms. The Morgan fingerprint density at radius 1 is 1.32 bits per heavy atom. The molecule has 0 bridgehead atoms. The van der Waals surface area contributed by atoms with Crippen molar-refractivity contribution in [3.63, 3.8) is 0 Å². The monoisotopic (exact) mass is 326 g/mol. The van der Waals surface area contributed by atoms with Crippen LogP contribution in [0.2, 0.25) is 0 Å². The lowest BCUT2D eigenvalue weighted by Gasteiger charge is -2.08. The fraction of sp³-hybridized carbons (Fsp3) is 0.467. The topological polar surface area (TPSA) is 110 Å². The number of oxazole rings is 1. The molecule has 0 aliphatic heterocycles. The molecule has 2 aromatic rings. The normalized spacial score (nSPS) is 11.8. The molecule has 1 atom stereocenters. The van der Waals surface area contributed by atoms with Crippen LogP contribution in [-0.2, 0) is 4.79 Å². The van der Waals surface area contributed by atoms with Gasteiger partial charge in [0.2, 0.25) is 0 Å². The molecule has 0 saturated heterocycles. The van der Waals surface area contributed by atoms with Gasteiger partial charge in [-0.25, -0.2) is 10.9 Å². The highest BCUT2D eigenvalue weighted by molar-refractivity contribution is 8.00. The quantitative estimate of drug-likeness (QED) is 0.385. The molecule has 6 nitrogen and oxygen atoms in total. The van der Waals surface area contributed by atoms with Crippen LogP contribution in [0.4, 0.5) is 0 Å². The molecule has 0 amide bonds. The number of carbonyl (C=O) groups is 1. The summed E-state index contributed by atoms with van der Waals surface area (Å²) in [5, 5.41) is 15.7. The second-order valence-electron chi connectivity index (χ2n) is 4.74. The number of nitrogens with zero attached hydrogens (tertiary/aromatic N) is 1. The molecule has 122 valence electrons. The summed E-state index contributed by atoms with van der Waals surface area (Å²) >= 11 is 1.20. The Morgan fingerprint density at radius 3 is 2.68 bits per heavy atom. The number of aromatic nitrogens is 1. The van der Waals surface area contributed by atoms with Crippen LogP contribution in [-0.4, -0.2) is 26.5 Å². The third kappa shape index (κ3) is 5.67. The summed E-state index contributed by atoms with van der Waals surface area (Å²) in [5.74, 6) is 2.70. The Balaban J connectivity index is 0.00000116. The lowest BCUT2D eigenvalue weighted by atomic mass is 10.1. The third-order valence-corrected chi connectivity index (χ3v) is 4.21. The summed E-state index contributed by atoms with van der Waals surface area (Å²) in [6, 6.07) is 7.46. The van der Waals surface area contributed by atoms with Crippen molar-refractivity contribution in [3.8, 4) is 0 Å². The van der Waals surface area contributed by atoms with Crippen LogP contribution in [0, 0.1) is 0 Å². The van der Waals surface area contributed by atoms with Gasteiger partial charge in [0.05, 0.1) is 0 Å². The SMILES string of the molecule is CCCCCCC(Sc1nc2ccccc2o1)C(=O)O.NO. The maximum atomic E-state index is 11.3. The van der Waals surface area contributed by atoms with Gasteiger partial charge in [-0.05, 0) is 18.6 Å². The molecule has 0 aliphatic carbocycles. The van der Waals surface area contributed by atoms with Gasteiger partial charge in [0.25, 0.3) is 5.22 Å². The second kappa shape index (κ2) is 10.2. The molecule has 0 radical (unpaired) electrons. The average molecular weight is 326 g/mol. The van der Waals surface area contributed by atoms with Crippen molar-refractivity contribution in [3.05, 3.63) is 24.3 Å². The van der Waals surface area contributed by atoms with Crippen molar-refractivity contribution >= 4 is 28.8 Å². The number of rotatable bonds is 8. The smallest absolute Gasteiger partial charge is 0.317 e. The molecule has 1 unspecified atom stereocenters. The molecule has 1 aromatic carbocycles. The zero-order valence-electron chi connectivity index (χ0n) is 12.6. The standard InChI is InChI=1S/C15H19NO3S.H3NO/c1-2-3-4-5-10-13(14(17)18)20-15-16-11-8-6-7-9-12(11)19-15;1-2/h6-9,13H,2-5,10H2,1H3,(H,17,18);2H,1H2. The molecule has 22 heavy (non-hydrogen) atoms. The number of nitrogens with two attached hydrogens (primary N) is 1. The first-order valence-electron chi connectivity index (χ1n) is 7.21. The van der Waals surface area contributed by atoms with Gasteiger partial charge in [-0.3, -0.25) is 4.79 Å². The minimum absolute atomic E-state index is 0.439. The first-order chi connectivity index (χ1) is 10.7. The van der Waals surface area contributed by atoms with E-state index < -0.39 is 11.2 Å². The maximum Gasteiger partial charge on any atom is 0.317 e. The molecule has 4 N–H and O–H groups in total. The fourth-order valence-corrected chi connectivity index (χ4v) is 2.93. The van der Waals surface area contributed by atoms with E-state index in [2.05, 4.69) is 17.8 Å². The first-order valence-corrected chi connectivity index (χ1v) is 8.09. The number of aliphatic carboxylic acids is 1. The molecular formula is C15H22N2O4S. The zero-order valence-corrected chi connectivity index (χ0v) is 13.4. The van der Waals surface area contributed by atoms with Gasteiger partial charge < -0.3 is 14.7 Å². The Bertz CT molecular complexity index is 540. The number of unbranched alkanes of at least 4 members (excludes halogenated alkanes) is 3. The largest absolute Gasteiger partial charge is 0.480 e. The van der Waals surface area contributed by atoms with Gasteiger partial charge in [0.1, 0.15) is 10.8 Å². The van der Waals surface area contributed by atoms with Gasteiger partial charge in [0.15, 0.2) is 5.58 Å². The van der Waals surface area contributed by atoms with Crippen molar-refractivity contribution in [2.24, 2.45) is 5.90 Å². The van der Waals surface area contributed by atoms with E-state index in [9.17, 15) is 9.90 Å². The first kappa shape index (κ1) is 18.5. The number of hydrogen-bond acceptors (Lipinski definition) is 6. The Kier molecular flexibility index (Phi) is 8.57. The van der Waals surface area contributed by atoms with Crippen LogP contribution in [0.25, 0.3) is 11.1 Å². The predicted octanol–water partition coefficient (Wildman–Crippen LogP) is 3.68. The fourth-order valence-electron chi connectivity index (χ4n) is 2.01. The second-order valence-corrected chi connectivity index (χ2v) is 5.90. The number of carboxylic acids is 1. The molecular weight excluding hydrogens is 304 g/mol. The van der Waals surface area contributed by atoms with Crippen LogP contribution in [0.1, 0.15) is 39.0 Å². The van der Waals surface area contributed by atoms with E-state index in [1.165, 1.54) is 11.8 Å². The number of fused-ring (bicyclic) bond motifs is 1. The number of thioether (sulfide) groups is 1. The van der Waals surface area contributed by atoms with Crippen molar-refractivity contribution in [1.29, 1.82) is 0 Å². The summed E-state index contributed by atoms with van der Waals surface area (Å²) < 4.78 is 5.56. The lowest BCUT2D eigenvalue weighted by Crippen LogP contribution is -2.16. The summed E-state index contributed by atoms with van der Waals surface area (Å²) in [4.78, 5) is 15.6. The number of carboxylic acid groups (broad SMARTS) is 1. The molecule has 0 spiro atoms. The van der Waals surface area contributed by atoms with E-state index in [0.717, 1.165) is 31.2 Å². The van der Waals surface area contributed by atoms with Crippen molar-refractivity contribution in [2.45, 2.75) is 49.5 Å². The summed E-state index contributed by atoms with van der Waals surface area (Å²) in [6.07, 6.45) is 4.96. The summed E-state index contributed by atoms with van der Waals surface area (Å²) in [5.41, 5.74) is 1.47. The van der Waals surface area contributed by atoms with E-state index in [0.29, 0.717) is 17.2 Å². The number of hydrogen-bond donors (Lipinski definition) is 3. The number of benzene rings is 1. The highest BCUT2D eigenvalue weighted by atomic mass is 32.2. The molecule has 0 aliphatic rings. The van der Waals surface area contributed by atoms with E-state index in [1.807, 2.05) is 24.3 Å². The van der Waals surface area contributed by atoms with Gasteiger partial charge in [0, 0.05) is 0 Å². The highest BCUT2D eigenvalue weighted by Crippen LogP contribution is 2.29. The van der Waals surface area contributed by atoms with Gasteiger partial charge in [-0.15, -0.1) is 0 Å². The Labute approximate surface area is 133 Å².